The minimum absolute atomic E-state index is 0.214. The summed E-state index contributed by atoms with van der Waals surface area (Å²) in [4.78, 5) is 12.7. The third-order valence-electron chi connectivity index (χ3n) is 3.46. The van der Waals surface area contributed by atoms with Gasteiger partial charge in [0.25, 0.3) is 0 Å². The van der Waals surface area contributed by atoms with Gasteiger partial charge in [0, 0.05) is 6.54 Å². The van der Waals surface area contributed by atoms with Gasteiger partial charge in [-0.2, -0.15) is 0 Å². The van der Waals surface area contributed by atoms with Gasteiger partial charge in [-0.3, -0.25) is 0 Å². The Morgan fingerprint density at radius 3 is 2.79 bits per heavy atom. The summed E-state index contributed by atoms with van der Waals surface area (Å²) in [5, 5.41) is 3.91. The van der Waals surface area contributed by atoms with Gasteiger partial charge >= 0.3 is 0 Å². The number of sulfonamides is 1. The van der Waals surface area contributed by atoms with E-state index in [0.717, 1.165) is 10.9 Å². The molecule has 0 atom stereocenters. The van der Waals surface area contributed by atoms with Crippen molar-refractivity contribution in [3.05, 3.63) is 48.3 Å². The van der Waals surface area contributed by atoms with Crippen LogP contribution in [0.2, 0.25) is 0 Å². The fourth-order valence-electron chi connectivity index (χ4n) is 2.22. The number of rotatable bonds is 5. The second kappa shape index (κ2) is 6.38. The highest BCUT2D eigenvalue weighted by Gasteiger charge is 2.11. The summed E-state index contributed by atoms with van der Waals surface area (Å²) in [6.07, 6.45) is 1.40. The first-order valence-electron chi connectivity index (χ1n) is 7.13. The predicted octanol–water partition coefficient (Wildman–Crippen LogP) is 1.13. The molecule has 2 aromatic heterocycles. The lowest BCUT2D eigenvalue weighted by Crippen LogP contribution is -2.18. The third kappa shape index (κ3) is 3.26. The van der Waals surface area contributed by atoms with Gasteiger partial charge in [-0.25, -0.2) is 28.1 Å². The van der Waals surface area contributed by atoms with Crippen molar-refractivity contribution in [1.29, 1.82) is 0 Å². The van der Waals surface area contributed by atoms with Crippen LogP contribution in [0.25, 0.3) is 11.0 Å². The first kappa shape index (κ1) is 16.1. The number of nitrogen functional groups attached to an aromatic ring is 1. The highest BCUT2D eigenvalue weighted by molar-refractivity contribution is 7.89. The van der Waals surface area contributed by atoms with E-state index < -0.39 is 10.0 Å². The molecular formula is C15H16N6O2S. The molecule has 0 fully saturated rings. The zero-order valence-corrected chi connectivity index (χ0v) is 13.7. The highest BCUT2D eigenvalue weighted by atomic mass is 32.2. The molecule has 0 bridgehead atoms. The Balaban J connectivity index is 1.86. The maximum absolute atomic E-state index is 11.9. The molecule has 2 heterocycles. The Bertz CT molecular complexity index is 990. The molecule has 0 unspecified atom stereocenters. The van der Waals surface area contributed by atoms with Crippen LogP contribution in [0.1, 0.15) is 5.56 Å². The molecule has 0 saturated heterocycles. The number of fused-ring (bicyclic) bond motifs is 1. The second-order valence-electron chi connectivity index (χ2n) is 5.04. The first-order chi connectivity index (χ1) is 11.5. The van der Waals surface area contributed by atoms with Gasteiger partial charge < -0.3 is 11.1 Å². The number of anilines is 2. The lowest BCUT2D eigenvalue weighted by molar-refractivity contribution is 0.588. The summed E-state index contributed by atoms with van der Waals surface area (Å²) >= 11 is 0. The van der Waals surface area contributed by atoms with Crippen molar-refractivity contribution in [1.82, 2.24) is 19.7 Å². The average molecular weight is 344 g/mol. The summed E-state index contributed by atoms with van der Waals surface area (Å²) in [7, 11) is -2.09. The summed E-state index contributed by atoms with van der Waals surface area (Å²) in [6.45, 7) is 0.406. The summed E-state index contributed by atoms with van der Waals surface area (Å²) in [5.74, 6) is 0.992. The molecule has 1 aromatic carbocycles. The number of pyridine rings is 1. The molecule has 0 aliphatic carbocycles. The van der Waals surface area contributed by atoms with Crippen LogP contribution in [0, 0.1) is 0 Å². The Hall–Kier alpha value is -2.78. The monoisotopic (exact) mass is 344 g/mol. The molecule has 0 aliphatic heterocycles. The normalized spacial score (nSPS) is 11.5. The zero-order chi connectivity index (χ0) is 17.2. The van der Waals surface area contributed by atoms with Gasteiger partial charge in [0.2, 0.25) is 10.0 Å². The summed E-state index contributed by atoms with van der Waals surface area (Å²) in [6, 6.07) is 10.2. The van der Waals surface area contributed by atoms with E-state index in [2.05, 4.69) is 25.0 Å². The second-order valence-corrected chi connectivity index (χ2v) is 6.92. The number of hydrogen-bond donors (Lipinski definition) is 3. The number of aromatic nitrogens is 3. The first-order valence-corrected chi connectivity index (χ1v) is 8.61. The van der Waals surface area contributed by atoms with Gasteiger partial charge in [-0.1, -0.05) is 12.1 Å². The van der Waals surface area contributed by atoms with Crippen molar-refractivity contribution in [2.24, 2.45) is 0 Å². The summed E-state index contributed by atoms with van der Waals surface area (Å²) < 4.78 is 26.0. The molecule has 3 rings (SSSR count). The molecule has 0 aliphatic rings. The molecule has 124 valence electrons. The van der Waals surface area contributed by atoms with Crippen LogP contribution in [0.4, 0.5) is 11.6 Å². The van der Waals surface area contributed by atoms with Crippen molar-refractivity contribution >= 4 is 32.7 Å². The smallest absolute Gasteiger partial charge is 0.240 e. The van der Waals surface area contributed by atoms with Crippen LogP contribution < -0.4 is 15.8 Å². The Morgan fingerprint density at radius 1 is 1.17 bits per heavy atom. The van der Waals surface area contributed by atoms with E-state index >= 15 is 0 Å². The quantitative estimate of drug-likeness (QED) is 0.634. The fraction of sp³-hybridized carbons (Fsp3) is 0.133. The molecular weight excluding hydrogens is 328 g/mol. The lowest BCUT2D eigenvalue weighted by atomic mass is 10.2. The van der Waals surface area contributed by atoms with Crippen molar-refractivity contribution in [2.45, 2.75) is 11.4 Å². The van der Waals surface area contributed by atoms with Crippen molar-refractivity contribution in [2.75, 3.05) is 18.1 Å². The topological polar surface area (TPSA) is 123 Å². The number of nitrogens with one attached hydrogen (secondary N) is 2. The van der Waals surface area contributed by atoms with Crippen LogP contribution in [-0.4, -0.2) is 30.4 Å². The maximum atomic E-state index is 11.9. The Kier molecular flexibility index (Phi) is 4.28. The van der Waals surface area contributed by atoms with Crippen molar-refractivity contribution in [3.63, 3.8) is 0 Å². The molecule has 8 nitrogen and oxygen atoms in total. The standard InChI is InChI=1S/C15H16N6O2S/c1-17-24(22,23)11-4-2-3-10(7-11)8-18-14-12-5-6-13(16)21-15(12)20-9-19-14/h2-7,9,17H,8H2,1H3,(H3,16,18,19,20,21). The van der Waals surface area contributed by atoms with E-state index in [1.54, 1.807) is 30.3 Å². The predicted molar refractivity (Wildman–Crippen MR) is 91.8 cm³/mol. The number of nitrogens with zero attached hydrogens (tertiary/aromatic N) is 3. The third-order valence-corrected chi connectivity index (χ3v) is 4.87. The van der Waals surface area contributed by atoms with Crippen LogP contribution in [0.15, 0.2) is 47.6 Å². The Labute approximate surface area is 139 Å². The molecule has 9 heteroatoms. The Morgan fingerprint density at radius 2 is 2.00 bits per heavy atom. The van der Waals surface area contributed by atoms with Gasteiger partial charge in [0.1, 0.15) is 18.0 Å². The van der Waals surface area contributed by atoms with Crippen LogP contribution in [0.3, 0.4) is 0 Å². The zero-order valence-electron chi connectivity index (χ0n) is 12.9. The highest BCUT2D eigenvalue weighted by Crippen LogP contribution is 2.19. The van der Waals surface area contributed by atoms with Crippen LogP contribution in [-0.2, 0) is 16.6 Å². The largest absolute Gasteiger partial charge is 0.384 e. The van der Waals surface area contributed by atoms with E-state index in [9.17, 15) is 8.42 Å². The van der Waals surface area contributed by atoms with E-state index in [4.69, 9.17) is 5.73 Å². The van der Waals surface area contributed by atoms with E-state index in [0.29, 0.717) is 23.8 Å². The van der Waals surface area contributed by atoms with Crippen LogP contribution in [0.5, 0.6) is 0 Å². The van der Waals surface area contributed by atoms with Crippen molar-refractivity contribution in [3.8, 4) is 0 Å². The fourth-order valence-corrected chi connectivity index (χ4v) is 3.02. The maximum Gasteiger partial charge on any atom is 0.240 e. The van der Waals surface area contributed by atoms with Crippen molar-refractivity contribution < 1.29 is 8.42 Å². The molecule has 0 saturated carbocycles. The van der Waals surface area contributed by atoms with E-state index in [1.165, 1.54) is 13.4 Å². The molecule has 0 amide bonds. The van der Waals surface area contributed by atoms with Gasteiger partial charge in [-0.15, -0.1) is 0 Å². The van der Waals surface area contributed by atoms with E-state index in [-0.39, 0.29) is 4.90 Å². The van der Waals surface area contributed by atoms with Gasteiger partial charge in [0.15, 0.2) is 5.65 Å². The van der Waals surface area contributed by atoms with E-state index in [1.807, 2.05) is 6.07 Å². The molecule has 0 spiro atoms. The molecule has 3 aromatic rings. The minimum Gasteiger partial charge on any atom is -0.384 e. The lowest BCUT2D eigenvalue weighted by Gasteiger charge is -2.09. The number of hydrogen-bond acceptors (Lipinski definition) is 7. The SMILES string of the molecule is CNS(=O)(=O)c1cccc(CNc2ncnc3nc(N)ccc23)c1. The van der Waals surface area contributed by atoms with Crippen LogP contribution >= 0.6 is 0 Å². The van der Waals surface area contributed by atoms with Gasteiger partial charge in [0.05, 0.1) is 10.3 Å². The number of nitrogens with two attached hydrogens (primary N) is 1. The summed E-state index contributed by atoms with van der Waals surface area (Å²) in [5.41, 5.74) is 6.96. The number of benzene rings is 1. The average Bonchev–Trinajstić information content (AvgIpc) is 2.59. The molecule has 24 heavy (non-hydrogen) atoms. The molecule has 4 N–H and O–H groups in total. The minimum atomic E-state index is -3.47. The van der Waals surface area contributed by atoms with Gasteiger partial charge in [-0.05, 0) is 36.9 Å². The molecule has 0 radical (unpaired) electrons.